The number of carbonyl (C=O) groups excluding carboxylic acids is 1. The number of benzene rings is 1. The first-order valence-electron chi connectivity index (χ1n) is 15.0. The van der Waals surface area contributed by atoms with Crippen LogP contribution in [-0.2, 0) is 4.79 Å². The molecule has 0 aliphatic carbocycles. The highest BCUT2D eigenvalue weighted by Gasteiger charge is 2.19. The van der Waals surface area contributed by atoms with Crippen LogP contribution < -0.4 is 14.8 Å². The first kappa shape index (κ1) is 35.2. The molecule has 216 valence electrons. The number of rotatable bonds is 17. The van der Waals surface area contributed by atoms with Crippen molar-refractivity contribution < 1.29 is 14.3 Å². The SMILES string of the molecule is CCCC(C)CC(C)CC(CC)c1ccc2c(c1)OCO2.CCCCCCN(C)C.CCCCNC=O. The standard InChI is InChI=1S/C19H30O2.C8H19N.C5H11NO/c1-5-7-14(3)10-15(4)11-16(6-2)17-8-9-18-19(12-17)21-13-20-18;1-4-5-6-7-8-9(2)3;1-2-3-4-6-5-7/h8-9,12,14-16H,5-7,10-11,13H2,1-4H3;4-8H2,1-3H3;5H,2-4H2,1H3,(H,6,7). The fraction of sp³-hybridized carbons (Fsp3) is 0.781. The Morgan fingerprint density at radius 2 is 1.59 bits per heavy atom. The fourth-order valence-corrected chi connectivity index (χ4v) is 4.78. The van der Waals surface area contributed by atoms with Crippen LogP contribution in [0, 0.1) is 11.8 Å². The van der Waals surface area contributed by atoms with Crippen molar-refractivity contribution in [3.63, 3.8) is 0 Å². The largest absolute Gasteiger partial charge is 0.454 e. The summed E-state index contributed by atoms with van der Waals surface area (Å²) in [5.41, 5.74) is 1.40. The Balaban J connectivity index is 0.000000670. The molecule has 0 bridgehead atoms. The quantitative estimate of drug-likeness (QED) is 0.165. The van der Waals surface area contributed by atoms with Crippen molar-refractivity contribution >= 4 is 6.41 Å². The number of hydrogen-bond donors (Lipinski definition) is 1. The van der Waals surface area contributed by atoms with Gasteiger partial charge in [0.15, 0.2) is 11.5 Å². The summed E-state index contributed by atoms with van der Waals surface area (Å²) < 4.78 is 10.9. The minimum atomic E-state index is 0.362. The first-order valence-corrected chi connectivity index (χ1v) is 15.0. The third kappa shape index (κ3) is 18.2. The van der Waals surface area contributed by atoms with Crippen LogP contribution in [0.15, 0.2) is 18.2 Å². The third-order valence-electron chi connectivity index (χ3n) is 6.85. The third-order valence-corrected chi connectivity index (χ3v) is 6.85. The van der Waals surface area contributed by atoms with Gasteiger partial charge in [-0.1, -0.05) is 86.1 Å². The van der Waals surface area contributed by atoms with E-state index in [0.29, 0.717) is 12.7 Å². The lowest BCUT2D eigenvalue weighted by molar-refractivity contribution is -0.109. The number of unbranched alkanes of at least 4 members (excludes halogenated alkanes) is 4. The second-order valence-electron chi connectivity index (χ2n) is 11.0. The molecule has 0 spiro atoms. The zero-order valence-electron chi connectivity index (χ0n) is 25.6. The topological polar surface area (TPSA) is 50.8 Å². The van der Waals surface area contributed by atoms with Crippen LogP contribution in [0.25, 0.3) is 0 Å². The molecule has 5 nitrogen and oxygen atoms in total. The van der Waals surface area contributed by atoms with Gasteiger partial charge < -0.3 is 19.7 Å². The Kier molecular flexibility index (Phi) is 22.3. The average Bonchev–Trinajstić information content (AvgIpc) is 3.34. The van der Waals surface area contributed by atoms with E-state index in [2.05, 4.69) is 84.1 Å². The molecule has 0 saturated carbocycles. The van der Waals surface area contributed by atoms with Crippen molar-refractivity contribution in [2.75, 3.05) is 34.0 Å². The van der Waals surface area contributed by atoms with E-state index in [1.165, 1.54) is 69.9 Å². The Labute approximate surface area is 230 Å². The van der Waals surface area contributed by atoms with Crippen molar-refractivity contribution in [1.82, 2.24) is 10.2 Å². The lowest BCUT2D eigenvalue weighted by Gasteiger charge is -2.23. The molecular formula is C32H60N2O3. The molecule has 3 unspecified atom stereocenters. The Hall–Kier alpha value is -1.75. The summed E-state index contributed by atoms with van der Waals surface area (Å²) >= 11 is 0. The van der Waals surface area contributed by atoms with Crippen LogP contribution in [0.4, 0.5) is 0 Å². The minimum absolute atomic E-state index is 0.362. The van der Waals surface area contributed by atoms with E-state index < -0.39 is 0 Å². The second kappa shape index (κ2) is 23.4. The number of nitrogens with zero attached hydrogens (tertiary/aromatic N) is 1. The molecule has 37 heavy (non-hydrogen) atoms. The summed E-state index contributed by atoms with van der Waals surface area (Å²) in [6.45, 7) is 16.1. The van der Waals surface area contributed by atoms with Gasteiger partial charge in [0.1, 0.15) is 0 Å². The minimum Gasteiger partial charge on any atom is -0.454 e. The highest BCUT2D eigenvalue weighted by molar-refractivity contribution is 5.46. The van der Waals surface area contributed by atoms with Gasteiger partial charge in [-0.25, -0.2) is 0 Å². The number of nitrogens with one attached hydrogen (secondary N) is 1. The zero-order chi connectivity index (χ0) is 27.9. The van der Waals surface area contributed by atoms with Gasteiger partial charge in [-0.3, -0.25) is 4.79 Å². The van der Waals surface area contributed by atoms with Crippen LogP contribution in [0.1, 0.15) is 124 Å². The van der Waals surface area contributed by atoms with Crippen LogP contribution in [0.3, 0.4) is 0 Å². The van der Waals surface area contributed by atoms with Crippen LogP contribution in [0.2, 0.25) is 0 Å². The molecule has 0 fully saturated rings. The van der Waals surface area contributed by atoms with Crippen LogP contribution in [0.5, 0.6) is 11.5 Å². The average molecular weight is 521 g/mol. The monoisotopic (exact) mass is 520 g/mol. The molecule has 1 aliphatic heterocycles. The number of ether oxygens (including phenoxy) is 2. The molecule has 1 heterocycles. The van der Waals surface area contributed by atoms with Crippen molar-refractivity contribution in [2.45, 2.75) is 118 Å². The molecule has 3 atom stereocenters. The lowest BCUT2D eigenvalue weighted by Crippen LogP contribution is -2.12. The maximum absolute atomic E-state index is 9.57. The Bertz CT molecular complexity index is 665. The predicted molar refractivity (Wildman–Crippen MR) is 160 cm³/mol. The highest BCUT2D eigenvalue weighted by atomic mass is 16.7. The van der Waals surface area contributed by atoms with Gasteiger partial charge >= 0.3 is 0 Å². The maximum atomic E-state index is 9.57. The summed E-state index contributed by atoms with van der Waals surface area (Å²) in [5.74, 6) is 4.06. The highest BCUT2D eigenvalue weighted by Crippen LogP contribution is 2.37. The molecule has 1 amide bonds. The Morgan fingerprint density at radius 3 is 2.19 bits per heavy atom. The Morgan fingerprint density at radius 1 is 0.892 bits per heavy atom. The second-order valence-corrected chi connectivity index (χ2v) is 11.0. The van der Waals surface area contributed by atoms with Gasteiger partial charge in [0.25, 0.3) is 0 Å². The fourth-order valence-electron chi connectivity index (χ4n) is 4.78. The molecule has 0 saturated heterocycles. The molecule has 0 radical (unpaired) electrons. The summed E-state index contributed by atoms with van der Waals surface area (Å²) in [6.07, 6.45) is 14.9. The molecule has 1 aromatic rings. The van der Waals surface area contributed by atoms with Crippen molar-refractivity contribution in [3.8, 4) is 11.5 Å². The summed E-state index contributed by atoms with van der Waals surface area (Å²) in [4.78, 5) is 11.8. The molecule has 1 N–H and O–H groups in total. The van der Waals surface area contributed by atoms with E-state index >= 15 is 0 Å². The van der Waals surface area contributed by atoms with E-state index in [-0.39, 0.29) is 0 Å². The van der Waals surface area contributed by atoms with Gasteiger partial charge in [-0.2, -0.15) is 0 Å². The van der Waals surface area contributed by atoms with Crippen molar-refractivity contribution in [2.24, 2.45) is 11.8 Å². The summed E-state index contributed by atoms with van der Waals surface area (Å²) in [6, 6.07) is 6.45. The molecule has 1 aliphatic rings. The maximum Gasteiger partial charge on any atom is 0.231 e. The molecule has 5 heteroatoms. The molecule has 2 rings (SSSR count). The zero-order valence-corrected chi connectivity index (χ0v) is 25.6. The van der Waals surface area contributed by atoms with Gasteiger partial charge in [-0.15, -0.1) is 0 Å². The van der Waals surface area contributed by atoms with Gasteiger partial charge in [0.05, 0.1) is 0 Å². The molecule has 1 aromatic carbocycles. The number of fused-ring (bicyclic) bond motifs is 1. The number of amides is 1. The first-order chi connectivity index (χ1) is 17.8. The summed E-state index contributed by atoms with van der Waals surface area (Å²) in [5, 5.41) is 2.57. The van der Waals surface area contributed by atoms with E-state index in [0.717, 1.165) is 49.1 Å². The smallest absolute Gasteiger partial charge is 0.231 e. The van der Waals surface area contributed by atoms with E-state index in [9.17, 15) is 4.79 Å². The number of carbonyl (C=O) groups is 1. The number of hydrogen-bond acceptors (Lipinski definition) is 4. The summed E-state index contributed by atoms with van der Waals surface area (Å²) in [7, 11) is 4.26. The van der Waals surface area contributed by atoms with Gasteiger partial charge in [0, 0.05) is 6.54 Å². The van der Waals surface area contributed by atoms with Gasteiger partial charge in [0.2, 0.25) is 13.2 Å². The van der Waals surface area contributed by atoms with Crippen molar-refractivity contribution in [1.29, 1.82) is 0 Å². The van der Waals surface area contributed by atoms with Crippen LogP contribution in [-0.4, -0.2) is 45.3 Å². The lowest BCUT2D eigenvalue weighted by atomic mass is 9.83. The predicted octanol–water partition coefficient (Wildman–Crippen LogP) is 8.42. The van der Waals surface area contributed by atoms with Crippen molar-refractivity contribution in [3.05, 3.63) is 23.8 Å². The molecular weight excluding hydrogens is 460 g/mol. The molecule has 0 aromatic heterocycles. The van der Waals surface area contributed by atoms with E-state index in [4.69, 9.17) is 9.47 Å². The van der Waals surface area contributed by atoms with E-state index in [1.54, 1.807) is 0 Å². The van der Waals surface area contributed by atoms with E-state index in [1.807, 2.05) is 0 Å². The normalized spacial score (nSPS) is 14.1. The van der Waals surface area contributed by atoms with Gasteiger partial charge in [-0.05, 0) is 88.2 Å². The van der Waals surface area contributed by atoms with Crippen LogP contribution >= 0.6 is 0 Å².